The zero-order valence-corrected chi connectivity index (χ0v) is 21.2. The first kappa shape index (κ1) is 30.9. The molecule has 0 saturated heterocycles. The maximum Gasteiger partial charge on any atom is 0.380 e. The fourth-order valence-electron chi connectivity index (χ4n) is 1.55. The van der Waals surface area contributed by atoms with E-state index < -0.39 is 23.3 Å². The second-order valence-electron chi connectivity index (χ2n) is 5.24. The van der Waals surface area contributed by atoms with Gasteiger partial charge in [0.05, 0.1) is 9.85 Å². The van der Waals surface area contributed by atoms with Gasteiger partial charge in [-0.15, -0.1) is 5.75 Å². The van der Waals surface area contributed by atoms with Gasteiger partial charge in [-0.05, 0) is 23.9 Å². The molecule has 2 aromatic carbocycles. The molecule has 0 atom stereocenters. The van der Waals surface area contributed by atoms with E-state index in [0.29, 0.717) is 5.75 Å². The molecule has 0 saturated carbocycles. The first-order valence-corrected chi connectivity index (χ1v) is 13.5. The fourth-order valence-corrected chi connectivity index (χ4v) is 2.63. The van der Waals surface area contributed by atoms with Gasteiger partial charge in [0, 0.05) is 64.5 Å². The molecule has 1 N–H and O–H groups in total. The number of hydrogen-bond donors (Lipinski definition) is 1. The topological polar surface area (TPSA) is 176 Å². The van der Waals surface area contributed by atoms with Gasteiger partial charge in [0.1, 0.15) is 5.75 Å². The quantitative estimate of drug-likeness (QED) is 0.290. The minimum absolute atomic E-state index is 0.0181. The van der Waals surface area contributed by atoms with Gasteiger partial charge in [-0.25, -0.2) is 0 Å². The first-order chi connectivity index (χ1) is 15.3. The van der Waals surface area contributed by atoms with Crippen molar-refractivity contribution < 1.29 is 42.5 Å². The molecule has 0 aromatic heterocycles. The van der Waals surface area contributed by atoms with E-state index in [4.69, 9.17) is 30.3 Å². The van der Waals surface area contributed by atoms with Crippen LogP contribution in [0.1, 0.15) is 0 Å². The fraction of sp³-hybridized carbons (Fsp3) is 0.250. The molecule has 2 aromatic rings. The number of rotatable bonds is 8. The van der Waals surface area contributed by atoms with E-state index in [-0.39, 0.29) is 17.1 Å². The van der Waals surface area contributed by atoms with Crippen molar-refractivity contribution in [2.45, 2.75) is 0 Å². The largest absolute Gasteiger partial charge is 0.872 e. The molecule has 0 radical (unpaired) electrons. The maximum absolute atomic E-state index is 10.4. The Hall–Kier alpha value is -2.06. The molecule has 0 bridgehead atoms. The van der Waals surface area contributed by atoms with E-state index >= 15 is 0 Å². The molecule has 0 amide bonds. The van der Waals surface area contributed by atoms with Crippen molar-refractivity contribution in [2.24, 2.45) is 0 Å². The minimum Gasteiger partial charge on any atom is -0.872 e. The van der Waals surface area contributed by atoms with E-state index in [1.165, 1.54) is 64.8 Å². The van der Waals surface area contributed by atoms with Crippen LogP contribution in [0.25, 0.3) is 0 Å². The molecule has 2 rings (SSSR count). The average molecular weight is 543 g/mol. The highest BCUT2D eigenvalue weighted by atomic mass is 32.5. The molecule has 33 heavy (non-hydrogen) atoms. The summed E-state index contributed by atoms with van der Waals surface area (Å²) in [6, 6.07) is 10.2. The zero-order chi connectivity index (χ0) is 25.7. The van der Waals surface area contributed by atoms with Gasteiger partial charge < -0.3 is 32.6 Å². The van der Waals surface area contributed by atoms with Crippen molar-refractivity contribution in [1.29, 1.82) is 0 Å². The van der Waals surface area contributed by atoms with Crippen LogP contribution in [0.2, 0.25) is 0 Å². The van der Waals surface area contributed by atoms with Crippen molar-refractivity contribution in [1.82, 2.24) is 0 Å². The summed E-state index contributed by atoms with van der Waals surface area (Å²) in [5, 5.41) is 30.8. The zero-order valence-electron chi connectivity index (χ0n) is 17.8. The molecular formula is C16H21N2O11P2S2-. The summed E-state index contributed by atoms with van der Waals surface area (Å²) in [4.78, 5) is 28.0. The third kappa shape index (κ3) is 12.7. The predicted octanol–water partition coefficient (Wildman–Crippen LogP) is 3.66. The van der Waals surface area contributed by atoms with Gasteiger partial charge in [0.15, 0.2) is 0 Å². The van der Waals surface area contributed by atoms with Crippen LogP contribution in [0.4, 0.5) is 11.4 Å². The Labute approximate surface area is 199 Å². The van der Waals surface area contributed by atoms with Crippen molar-refractivity contribution in [2.75, 3.05) is 28.4 Å². The summed E-state index contributed by atoms with van der Waals surface area (Å²) in [5.41, 5.74) is -0.0740. The summed E-state index contributed by atoms with van der Waals surface area (Å²) >= 11 is 9.35. The summed E-state index contributed by atoms with van der Waals surface area (Å²) in [6.07, 6.45) is 0. The molecular weight excluding hydrogens is 522 g/mol. The second-order valence-corrected chi connectivity index (χ2v) is 11.4. The van der Waals surface area contributed by atoms with Crippen LogP contribution >= 0.6 is 13.4 Å². The molecule has 0 unspecified atom stereocenters. The molecule has 0 aliphatic heterocycles. The lowest BCUT2D eigenvalue weighted by atomic mass is 10.3. The minimum atomic E-state index is -2.82. The highest BCUT2D eigenvalue weighted by Gasteiger charge is 2.18. The van der Waals surface area contributed by atoms with Crippen molar-refractivity contribution in [3.05, 3.63) is 68.8 Å². The molecule has 184 valence electrons. The molecule has 0 spiro atoms. The van der Waals surface area contributed by atoms with Crippen molar-refractivity contribution >= 4 is 48.4 Å². The Morgan fingerprint density at radius 3 is 1.39 bits per heavy atom. The third-order valence-electron chi connectivity index (χ3n) is 3.22. The smallest absolute Gasteiger partial charge is 0.380 e. The summed E-state index contributed by atoms with van der Waals surface area (Å²) < 4.78 is 23.8. The molecule has 17 heteroatoms. The van der Waals surface area contributed by atoms with Gasteiger partial charge >= 0.3 is 13.4 Å². The van der Waals surface area contributed by atoms with Gasteiger partial charge in [-0.1, -0.05) is 12.1 Å². The van der Waals surface area contributed by atoms with Gasteiger partial charge in [0.2, 0.25) is 0 Å². The Balaban J connectivity index is 0.000000514. The lowest BCUT2D eigenvalue weighted by Gasteiger charge is -2.17. The van der Waals surface area contributed by atoms with E-state index in [0.717, 1.165) is 12.1 Å². The Morgan fingerprint density at radius 1 is 0.758 bits per heavy atom. The molecule has 0 heterocycles. The van der Waals surface area contributed by atoms with Crippen LogP contribution in [0.3, 0.4) is 0 Å². The Bertz CT molecular complexity index is 975. The number of hydrogen-bond acceptors (Lipinski definition) is 12. The van der Waals surface area contributed by atoms with Crippen LogP contribution in [-0.2, 0) is 41.7 Å². The lowest BCUT2D eigenvalue weighted by molar-refractivity contribution is -0.385. The number of nitrogens with zero attached hydrogens (tertiary/aromatic N) is 2. The second kappa shape index (κ2) is 15.0. The summed E-state index contributed by atoms with van der Waals surface area (Å²) in [7, 11) is 5.39. The molecule has 0 aliphatic rings. The van der Waals surface area contributed by atoms with Crippen LogP contribution in [-0.4, -0.2) is 43.2 Å². The Morgan fingerprint density at radius 2 is 1.12 bits per heavy atom. The number of benzene rings is 2. The first-order valence-electron chi connectivity index (χ1n) is 8.34. The monoisotopic (exact) mass is 543 g/mol. The molecule has 0 fully saturated rings. The highest BCUT2D eigenvalue weighted by molar-refractivity contribution is 8.07. The molecule has 0 aliphatic carbocycles. The van der Waals surface area contributed by atoms with Gasteiger partial charge in [-0.2, -0.15) is 0 Å². The average Bonchev–Trinajstić information content (AvgIpc) is 2.80. The van der Waals surface area contributed by atoms with E-state index in [1.807, 2.05) is 0 Å². The van der Waals surface area contributed by atoms with Crippen LogP contribution in [0, 0.1) is 20.2 Å². The van der Waals surface area contributed by atoms with Crippen LogP contribution in [0.15, 0.2) is 48.5 Å². The normalized spacial score (nSPS) is 10.7. The van der Waals surface area contributed by atoms with Crippen molar-refractivity contribution in [3.8, 4) is 11.5 Å². The number of nitro benzene ring substituents is 2. The van der Waals surface area contributed by atoms with E-state index in [9.17, 15) is 25.3 Å². The van der Waals surface area contributed by atoms with Gasteiger partial charge in [-0.3, -0.25) is 20.2 Å². The Kier molecular flexibility index (Phi) is 14.0. The van der Waals surface area contributed by atoms with Gasteiger partial charge in [0.25, 0.3) is 11.4 Å². The summed E-state index contributed by atoms with van der Waals surface area (Å²) in [5.74, 6) is 0.156. The predicted molar refractivity (Wildman–Crippen MR) is 125 cm³/mol. The summed E-state index contributed by atoms with van der Waals surface area (Å²) in [6.45, 7) is -5.60. The highest BCUT2D eigenvalue weighted by Crippen LogP contribution is 2.48. The van der Waals surface area contributed by atoms with E-state index in [1.54, 1.807) is 0 Å². The maximum atomic E-state index is 10.4. The standard InChI is InChI=1S/C8H10NO5PS.C6H5NO3.C2H7O3PS/c1-12-15(16,13-2)14-8-5-3-7(4-6-8)9(10)11;8-6-3-1-5(2-4-6)7(9)10;1-4-6(3,7)5-2/h3-6H,1-2H3;1-4,8H;1-2H3,(H,3,7)/p-1. The van der Waals surface area contributed by atoms with Crippen LogP contribution in [0.5, 0.6) is 11.5 Å². The molecule has 13 nitrogen and oxygen atoms in total. The third-order valence-corrected chi connectivity index (χ3v) is 7.49. The van der Waals surface area contributed by atoms with Crippen LogP contribution < -0.4 is 9.63 Å². The van der Waals surface area contributed by atoms with E-state index in [2.05, 4.69) is 20.9 Å². The lowest BCUT2D eigenvalue weighted by Crippen LogP contribution is -1.97. The SMILES string of the molecule is COP(=S)(OC)Oc1ccc([N+](=O)[O-])cc1.COP(O)(=S)OC.O=[N+]([O-])c1ccc([O-])cc1. The number of nitro groups is 2. The van der Waals surface area contributed by atoms with Crippen molar-refractivity contribution in [3.63, 3.8) is 0 Å². The number of non-ortho nitro benzene ring substituents is 2.